The van der Waals surface area contributed by atoms with E-state index in [0.29, 0.717) is 33.0 Å². The molecular formula is C15H15N3O3S. The van der Waals surface area contributed by atoms with Gasteiger partial charge in [-0.1, -0.05) is 0 Å². The Labute approximate surface area is 130 Å². The zero-order chi connectivity index (χ0) is 15.9. The summed E-state index contributed by atoms with van der Waals surface area (Å²) in [4.78, 5) is 31.8. The number of aromatic nitrogens is 2. The molecule has 3 aromatic rings. The maximum atomic E-state index is 12.6. The van der Waals surface area contributed by atoms with Crippen LogP contribution in [0, 0.1) is 6.92 Å². The van der Waals surface area contributed by atoms with Gasteiger partial charge in [-0.3, -0.25) is 9.59 Å². The topological polar surface area (TPSA) is 68.3 Å². The molecule has 0 bridgehead atoms. The number of furan rings is 1. The molecule has 114 valence electrons. The highest BCUT2D eigenvalue weighted by molar-refractivity contribution is 7.20. The molecule has 0 N–H and O–H groups in total. The first-order valence-corrected chi connectivity index (χ1v) is 7.53. The highest BCUT2D eigenvalue weighted by atomic mass is 32.1. The standard InChI is InChI=1S/C15H15N3O3S/c1-9-11-13(16-8-18(3)14(11)19)22-12(9)15(20)17(2)7-10-5-4-6-21-10/h4-6,8H,7H2,1-3H3. The van der Waals surface area contributed by atoms with Crippen molar-refractivity contribution < 1.29 is 9.21 Å². The summed E-state index contributed by atoms with van der Waals surface area (Å²) >= 11 is 1.25. The SMILES string of the molecule is Cc1c(C(=O)N(C)Cc2ccco2)sc2ncn(C)c(=O)c12. The molecule has 6 nitrogen and oxygen atoms in total. The quantitative estimate of drug-likeness (QED) is 0.742. The Bertz CT molecular complexity index is 893. The predicted molar refractivity (Wildman–Crippen MR) is 84.1 cm³/mol. The molecule has 0 aromatic carbocycles. The fourth-order valence-corrected chi connectivity index (χ4v) is 3.43. The van der Waals surface area contributed by atoms with Gasteiger partial charge in [0.2, 0.25) is 0 Å². The number of hydrogen-bond acceptors (Lipinski definition) is 5. The Morgan fingerprint density at radius 2 is 2.27 bits per heavy atom. The van der Waals surface area contributed by atoms with Gasteiger partial charge in [0.05, 0.1) is 29.4 Å². The minimum atomic E-state index is -0.140. The number of carbonyl (C=O) groups excluding carboxylic acids is 1. The van der Waals surface area contributed by atoms with E-state index in [-0.39, 0.29) is 11.5 Å². The molecule has 7 heteroatoms. The van der Waals surface area contributed by atoms with Crippen molar-refractivity contribution in [3.63, 3.8) is 0 Å². The van der Waals surface area contributed by atoms with Gasteiger partial charge in [0.25, 0.3) is 11.5 Å². The summed E-state index contributed by atoms with van der Waals surface area (Å²) in [6.45, 7) is 2.17. The lowest BCUT2D eigenvalue weighted by Gasteiger charge is -2.15. The van der Waals surface area contributed by atoms with Crippen LogP contribution in [0.5, 0.6) is 0 Å². The molecule has 0 radical (unpaired) electrons. The van der Waals surface area contributed by atoms with Crippen LogP contribution in [0.2, 0.25) is 0 Å². The first-order chi connectivity index (χ1) is 10.5. The molecule has 3 rings (SSSR count). The van der Waals surface area contributed by atoms with Gasteiger partial charge >= 0.3 is 0 Å². The van der Waals surface area contributed by atoms with Gasteiger partial charge in [0.1, 0.15) is 10.6 Å². The smallest absolute Gasteiger partial charge is 0.264 e. The largest absolute Gasteiger partial charge is 0.467 e. The van der Waals surface area contributed by atoms with Crippen molar-refractivity contribution in [1.82, 2.24) is 14.5 Å². The second-order valence-electron chi connectivity index (χ2n) is 5.14. The molecule has 3 heterocycles. The van der Waals surface area contributed by atoms with Crippen LogP contribution in [0.4, 0.5) is 0 Å². The monoisotopic (exact) mass is 317 g/mol. The molecule has 0 saturated carbocycles. The summed E-state index contributed by atoms with van der Waals surface area (Å²) in [7, 11) is 3.36. The van der Waals surface area contributed by atoms with Crippen LogP contribution in [0.3, 0.4) is 0 Å². The van der Waals surface area contributed by atoms with E-state index < -0.39 is 0 Å². The fourth-order valence-electron chi connectivity index (χ4n) is 2.29. The summed E-state index contributed by atoms with van der Waals surface area (Å²) in [5.41, 5.74) is 0.552. The van der Waals surface area contributed by atoms with Crippen LogP contribution in [0.1, 0.15) is 21.0 Å². The molecule has 0 unspecified atom stereocenters. The molecule has 1 amide bonds. The average molecular weight is 317 g/mol. The molecule has 0 saturated heterocycles. The predicted octanol–water partition coefficient (Wildman–Crippen LogP) is 2.17. The number of aryl methyl sites for hydroxylation is 2. The van der Waals surface area contributed by atoms with Crippen LogP contribution in [-0.4, -0.2) is 27.4 Å². The van der Waals surface area contributed by atoms with Gasteiger partial charge in [-0.05, 0) is 24.6 Å². The van der Waals surface area contributed by atoms with Gasteiger partial charge < -0.3 is 13.9 Å². The third kappa shape index (κ3) is 2.33. The fraction of sp³-hybridized carbons (Fsp3) is 0.267. The maximum absolute atomic E-state index is 12.6. The molecule has 3 aromatic heterocycles. The second kappa shape index (κ2) is 5.42. The third-order valence-corrected chi connectivity index (χ3v) is 4.71. The Balaban J connectivity index is 1.99. The minimum Gasteiger partial charge on any atom is -0.467 e. The van der Waals surface area contributed by atoms with E-state index in [4.69, 9.17) is 4.42 Å². The molecule has 0 aliphatic carbocycles. The Morgan fingerprint density at radius 3 is 2.95 bits per heavy atom. The van der Waals surface area contributed by atoms with Crippen molar-refractivity contribution in [3.05, 3.63) is 51.3 Å². The van der Waals surface area contributed by atoms with E-state index >= 15 is 0 Å². The van der Waals surface area contributed by atoms with Gasteiger partial charge in [-0.15, -0.1) is 11.3 Å². The number of amides is 1. The minimum absolute atomic E-state index is 0.133. The van der Waals surface area contributed by atoms with Gasteiger partial charge in [0, 0.05) is 14.1 Å². The van der Waals surface area contributed by atoms with Crippen LogP contribution in [0.15, 0.2) is 33.9 Å². The third-order valence-electron chi connectivity index (χ3n) is 3.52. The van der Waals surface area contributed by atoms with Crippen molar-refractivity contribution in [2.45, 2.75) is 13.5 Å². The highest BCUT2D eigenvalue weighted by Crippen LogP contribution is 2.28. The van der Waals surface area contributed by atoms with E-state index in [9.17, 15) is 9.59 Å². The number of fused-ring (bicyclic) bond motifs is 1. The lowest BCUT2D eigenvalue weighted by atomic mass is 10.2. The second-order valence-corrected chi connectivity index (χ2v) is 6.14. The number of hydrogen-bond donors (Lipinski definition) is 0. The molecule has 22 heavy (non-hydrogen) atoms. The zero-order valence-electron chi connectivity index (χ0n) is 12.5. The number of nitrogens with zero attached hydrogens (tertiary/aromatic N) is 3. The summed E-state index contributed by atoms with van der Waals surface area (Å²) in [6.07, 6.45) is 3.05. The van der Waals surface area contributed by atoms with Crippen LogP contribution in [-0.2, 0) is 13.6 Å². The van der Waals surface area contributed by atoms with Crippen molar-refractivity contribution in [1.29, 1.82) is 0 Å². The van der Waals surface area contributed by atoms with Gasteiger partial charge in [-0.2, -0.15) is 0 Å². The van der Waals surface area contributed by atoms with E-state index in [0.717, 1.165) is 0 Å². The Kier molecular flexibility index (Phi) is 3.58. The summed E-state index contributed by atoms with van der Waals surface area (Å²) < 4.78 is 6.68. The Morgan fingerprint density at radius 1 is 1.50 bits per heavy atom. The maximum Gasteiger partial charge on any atom is 0.264 e. The van der Waals surface area contributed by atoms with Crippen LogP contribution >= 0.6 is 11.3 Å². The van der Waals surface area contributed by atoms with Crippen molar-refractivity contribution in [3.8, 4) is 0 Å². The van der Waals surface area contributed by atoms with Crippen molar-refractivity contribution in [2.75, 3.05) is 7.05 Å². The van der Waals surface area contributed by atoms with E-state index in [2.05, 4.69) is 4.98 Å². The first kappa shape index (κ1) is 14.5. The average Bonchev–Trinajstić information content (AvgIpc) is 3.10. The van der Waals surface area contributed by atoms with E-state index in [1.165, 1.54) is 22.2 Å². The van der Waals surface area contributed by atoms with Crippen molar-refractivity contribution >= 4 is 27.5 Å². The highest BCUT2D eigenvalue weighted by Gasteiger charge is 2.22. The lowest BCUT2D eigenvalue weighted by Crippen LogP contribution is -2.26. The lowest BCUT2D eigenvalue weighted by molar-refractivity contribution is 0.0779. The normalized spacial score (nSPS) is 11.0. The van der Waals surface area contributed by atoms with Crippen LogP contribution < -0.4 is 5.56 Å². The summed E-state index contributed by atoms with van der Waals surface area (Å²) in [5.74, 6) is 0.572. The Hall–Kier alpha value is -2.41. The van der Waals surface area contributed by atoms with E-state index in [1.807, 2.05) is 6.07 Å². The summed E-state index contributed by atoms with van der Waals surface area (Å²) in [5, 5.41) is 0.518. The molecule has 0 spiro atoms. The number of rotatable bonds is 3. The molecule has 0 aliphatic heterocycles. The first-order valence-electron chi connectivity index (χ1n) is 6.71. The van der Waals surface area contributed by atoms with Gasteiger partial charge in [-0.25, -0.2) is 4.98 Å². The number of carbonyl (C=O) groups is 1. The summed E-state index contributed by atoms with van der Waals surface area (Å²) in [6, 6.07) is 3.60. The van der Waals surface area contributed by atoms with E-state index in [1.54, 1.807) is 38.2 Å². The molecule has 0 aliphatic rings. The number of thiophene rings is 1. The molecular weight excluding hydrogens is 302 g/mol. The zero-order valence-corrected chi connectivity index (χ0v) is 13.3. The van der Waals surface area contributed by atoms with Crippen molar-refractivity contribution in [2.24, 2.45) is 7.05 Å². The van der Waals surface area contributed by atoms with Crippen LogP contribution in [0.25, 0.3) is 10.2 Å². The molecule has 0 atom stereocenters. The molecule has 0 fully saturated rings. The van der Waals surface area contributed by atoms with Gasteiger partial charge in [0.15, 0.2) is 0 Å².